The summed E-state index contributed by atoms with van der Waals surface area (Å²) in [5.74, 6) is -2.75. The molecule has 1 amide bonds. The standard InChI is InChI=1S/C33H33F5N6O3/c1-20-29(42-15-13-41(14-16-42)17-22-9-5-10-23(28(22)35)30(40)45)31(46)44(19-27(39)21-7-3-2-4-8-21)32(47)43(20)18-24-25(33(36,37)38)11-6-12-26(24)34/h2-12,27H,13-19,39H2,1H3,(H2,40,45)/t27-/m0/s1. The third-order valence-corrected chi connectivity index (χ3v) is 8.43. The third kappa shape index (κ3) is 6.98. The zero-order valence-corrected chi connectivity index (χ0v) is 25.4. The van der Waals surface area contributed by atoms with Gasteiger partial charge in [0.1, 0.15) is 17.3 Å². The van der Waals surface area contributed by atoms with Gasteiger partial charge in [0.25, 0.3) is 11.5 Å². The minimum atomic E-state index is -4.89. The minimum absolute atomic E-state index is 0.0644. The van der Waals surface area contributed by atoms with Gasteiger partial charge >= 0.3 is 11.9 Å². The second-order valence-corrected chi connectivity index (χ2v) is 11.4. The monoisotopic (exact) mass is 656 g/mol. The van der Waals surface area contributed by atoms with Crippen LogP contribution in [0.3, 0.4) is 0 Å². The van der Waals surface area contributed by atoms with Crippen LogP contribution in [-0.2, 0) is 25.8 Å². The molecule has 1 aromatic heterocycles. The van der Waals surface area contributed by atoms with Gasteiger partial charge in [-0.05, 0) is 30.7 Å². The first-order valence-corrected chi connectivity index (χ1v) is 14.8. The van der Waals surface area contributed by atoms with Crippen molar-refractivity contribution in [2.45, 2.75) is 38.8 Å². The van der Waals surface area contributed by atoms with E-state index in [-0.39, 0.29) is 48.7 Å². The van der Waals surface area contributed by atoms with E-state index in [1.54, 1.807) is 41.3 Å². The van der Waals surface area contributed by atoms with Crippen LogP contribution in [0.15, 0.2) is 76.3 Å². The lowest BCUT2D eigenvalue weighted by Gasteiger charge is -2.37. The topological polar surface area (TPSA) is 120 Å². The zero-order chi connectivity index (χ0) is 34.0. The summed E-state index contributed by atoms with van der Waals surface area (Å²) in [6.07, 6.45) is -4.89. The third-order valence-electron chi connectivity index (χ3n) is 8.43. The molecule has 3 aromatic carbocycles. The van der Waals surface area contributed by atoms with Gasteiger partial charge in [-0.3, -0.25) is 23.6 Å². The molecule has 0 aliphatic carbocycles. The molecule has 1 aliphatic rings. The molecule has 0 unspecified atom stereocenters. The Morgan fingerprint density at radius 1 is 0.872 bits per heavy atom. The average Bonchev–Trinajstić information content (AvgIpc) is 3.03. The molecule has 47 heavy (non-hydrogen) atoms. The van der Waals surface area contributed by atoms with Crippen LogP contribution in [0.4, 0.5) is 27.6 Å². The summed E-state index contributed by atoms with van der Waals surface area (Å²) in [7, 11) is 0. The molecule has 0 radical (unpaired) electrons. The maximum atomic E-state index is 14.9. The van der Waals surface area contributed by atoms with Gasteiger partial charge in [0.2, 0.25) is 0 Å². The number of nitrogens with zero attached hydrogens (tertiary/aromatic N) is 4. The first-order valence-electron chi connectivity index (χ1n) is 14.8. The van der Waals surface area contributed by atoms with Crippen LogP contribution in [0.5, 0.6) is 0 Å². The fourth-order valence-corrected chi connectivity index (χ4v) is 5.91. The maximum absolute atomic E-state index is 14.9. The Bertz CT molecular complexity index is 1900. The summed E-state index contributed by atoms with van der Waals surface area (Å²) >= 11 is 0. The van der Waals surface area contributed by atoms with Crippen molar-refractivity contribution in [1.82, 2.24) is 14.0 Å². The van der Waals surface area contributed by atoms with Crippen molar-refractivity contribution in [3.63, 3.8) is 0 Å². The number of carbonyl (C=O) groups excluding carboxylic acids is 1. The highest BCUT2D eigenvalue weighted by Gasteiger charge is 2.35. The molecule has 1 aliphatic heterocycles. The first-order chi connectivity index (χ1) is 22.3. The fraction of sp³-hybridized carbons (Fsp3) is 0.303. The van der Waals surface area contributed by atoms with E-state index in [0.29, 0.717) is 18.7 Å². The Hall–Kier alpha value is -4.82. The molecule has 1 fully saturated rings. The van der Waals surface area contributed by atoms with Crippen LogP contribution < -0.4 is 27.6 Å². The molecule has 9 nitrogen and oxygen atoms in total. The van der Waals surface area contributed by atoms with Gasteiger partial charge in [0.05, 0.1) is 24.2 Å². The summed E-state index contributed by atoms with van der Waals surface area (Å²) < 4.78 is 73.4. The molecule has 1 saturated heterocycles. The van der Waals surface area contributed by atoms with Crippen LogP contribution in [-0.4, -0.2) is 46.1 Å². The van der Waals surface area contributed by atoms with Crippen LogP contribution in [0, 0.1) is 18.6 Å². The van der Waals surface area contributed by atoms with Crippen LogP contribution in [0.1, 0.15) is 44.3 Å². The molecule has 0 bridgehead atoms. The second-order valence-electron chi connectivity index (χ2n) is 11.4. The summed E-state index contributed by atoms with van der Waals surface area (Å²) in [4.78, 5) is 43.0. The molecule has 5 rings (SSSR count). The molecular formula is C33H33F5N6O3. The molecule has 2 heterocycles. The molecule has 14 heteroatoms. The van der Waals surface area contributed by atoms with E-state index in [4.69, 9.17) is 11.5 Å². The van der Waals surface area contributed by atoms with Crippen LogP contribution in [0.25, 0.3) is 0 Å². The molecule has 248 valence electrons. The Morgan fingerprint density at radius 2 is 1.53 bits per heavy atom. The number of halogens is 5. The van der Waals surface area contributed by atoms with Crippen molar-refractivity contribution >= 4 is 11.6 Å². The van der Waals surface area contributed by atoms with Gasteiger partial charge in [0.15, 0.2) is 0 Å². The number of primary amides is 1. The number of nitrogens with two attached hydrogens (primary N) is 2. The Balaban J connectivity index is 1.52. The smallest absolute Gasteiger partial charge is 0.366 e. The lowest BCUT2D eigenvalue weighted by atomic mass is 10.1. The molecule has 0 spiro atoms. The van der Waals surface area contributed by atoms with Crippen molar-refractivity contribution < 1.29 is 26.7 Å². The number of hydrogen-bond donors (Lipinski definition) is 2. The van der Waals surface area contributed by atoms with E-state index in [1.165, 1.54) is 19.1 Å². The van der Waals surface area contributed by atoms with E-state index in [2.05, 4.69) is 0 Å². The van der Waals surface area contributed by atoms with Crippen molar-refractivity contribution in [2.75, 3.05) is 31.1 Å². The lowest BCUT2D eigenvalue weighted by Crippen LogP contribution is -2.51. The SMILES string of the molecule is Cc1c(N2CCN(Cc3cccc(C(N)=O)c3F)CC2)c(=O)n(C[C@H](N)c2ccccc2)c(=O)n1Cc1c(F)cccc1C(F)(F)F. The number of hydrogen-bond acceptors (Lipinski definition) is 6. The molecule has 4 N–H and O–H groups in total. The van der Waals surface area contributed by atoms with Gasteiger partial charge in [0, 0.05) is 55.6 Å². The van der Waals surface area contributed by atoms with Crippen molar-refractivity contribution in [2.24, 2.45) is 11.5 Å². The summed E-state index contributed by atoms with van der Waals surface area (Å²) in [6, 6.07) is 14.8. The van der Waals surface area contributed by atoms with Crippen molar-refractivity contribution in [3.8, 4) is 0 Å². The molecule has 1 atom stereocenters. The van der Waals surface area contributed by atoms with Gasteiger partial charge in [-0.1, -0.05) is 48.5 Å². The largest absolute Gasteiger partial charge is 0.416 e. The van der Waals surface area contributed by atoms with E-state index < -0.39 is 58.7 Å². The average molecular weight is 657 g/mol. The van der Waals surface area contributed by atoms with E-state index in [9.17, 15) is 36.3 Å². The highest BCUT2D eigenvalue weighted by molar-refractivity contribution is 5.93. The predicted molar refractivity (Wildman–Crippen MR) is 166 cm³/mol. The number of piperazine rings is 1. The lowest BCUT2D eigenvalue weighted by molar-refractivity contribution is -0.138. The van der Waals surface area contributed by atoms with Crippen LogP contribution in [0.2, 0.25) is 0 Å². The van der Waals surface area contributed by atoms with Crippen molar-refractivity contribution in [3.05, 3.63) is 133 Å². The second kappa shape index (κ2) is 13.5. The van der Waals surface area contributed by atoms with Crippen LogP contribution >= 0.6 is 0 Å². The summed E-state index contributed by atoms with van der Waals surface area (Å²) in [6.45, 7) is 1.69. The molecule has 4 aromatic rings. The summed E-state index contributed by atoms with van der Waals surface area (Å²) in [5.41, 5.74) is 8.86. The highest BCUT2D eigenvalue weighted by Crippen LogP contribution is 2.33. The van der Waals surface area contributed by atoms with Gasteiger partial charge in [-0.25, -0.2) is 13.6 Å². The Morgan fingerprint density at radius 3 is 2.17 bits per heavy atom. The predicted octanol–water partition coefficient (Wildman–Crippen LogP) is 3.78. The summed E-state index contributed by atoms with van der Waals surface area (Å²) in [5, 5.41) is 0. The Kier molecular flexibility index (Phi) is 9.63. The van der Waals surface area contributed by atoms with Gasteiger partial charge in [-0.2, -0.15) is 13.2 Å². The highest BCUT2D eigenvalue weighted by atomic mass is 19.4. The van der Waals surface area contributed by atoms with Crippen molar-refractivity contribution in [1.29, 1.82) is 0 Å². The Labute approximate surface area is 266 Å². The van der Waals surface area contributed by atoms with E-state index >= 15 is 0 Å². The zero-order valence-electron chi connectivity index (χ0n) is 25.4. The minimum Gasteiger partial charge on any atom is -0.366 e. The fourth-order valence-electron chi connectivity index (χ4n) is 5.91. The first kappa shape index (κ1) is 33.5. The molecule has 0 saturated carbocycles. The number of amides is 1. The number of carbonyl (C=O) groups is 1. The van der Waals surface area contributed by atoms with E-state index in [0.717, 1.165) is 27.3 Å². The maximum Gasteiger partial charge on any atom is 0.416 e. The molecular weight excluding hydrogens is 623 g/mol. The number of alkyl halides is 3. The van der Waals surface area contributed by atoms with Gasteiger partial charge in [-0.15, -0.1) is 0 Å². The van der Waals surface area contributed by atoms with E-state index in [1.807, 2.05) is 4.90 Å². The normalized spacial score (nSPS) is 14.7. The number of aromatic nitrogens is 2. The van der Waals surface area contributed by atoms with Gasteiger partial charge < -0.3 is 16.4 Å². The quantitative estimate of drug-likeness (QED) is 0.265. The number of benzene rings is 3. The number of rotatable bonds is 9. The number of anilines is 1.